The zero-order valence-electron chi connectivity index (χ0n) is 22.4. The molecule has 3 N–H and O–H groups in total. The zero-order valence-corrected chi connectivity index (χ0v) is 23.2. The van der Waals surface area contributed by atoms with Crippen molar-refractivity contribution >= 4 is 44.3 Å². The Kier molecular flexibility index (Phi) is 8.37. The van der Waals surface area contributed by atoms with Crippen molar-refractivity contribution in [3.8, 4) is 11.4 Å². The van der Waals surface area contributed by atoms with Crippen molar-refractivity contribution in [3.63, 3.8) is 0 Å². The van der Waals surface area contributed by atoms with Crippen molar-refractivity contribution in [2.24, 2.45) is 0 Å². The minimum atomic E-state index is -4.63. The van der Waals surface area contributed by atoms with Crippen molar-refractivity contribution in [2.75, 3.05) is 5.32 Å². The number of aromatic nitrogens is 2. The first-order valence-electron chi connectivity index (χ1n) is 13.2. The molecule has 0 saturated carbocycles. The topological polar surface area (TPSA) is 146 Å². The Bertz CT molecular complexity index is 1830. The van der Waals surface area contributed by atoms with Gasteiger partial charge in [-0.3, -0.25) is 18.9 Å². The van der Waals surface area contributed by atoms with Crippen LogP contribution in [0.25, 0.3) is 22.4 Å². The summed E-state index contributed by atoms with van der Waals surface area (Å²) < 4.78 is 33.4. The van der Waals surface area contributed by atoms with Crippen molar-refractivity contribution < 1.29 is 27.4 Å². The molecule has 0 aliphatic carbocycles. The molecule has 0 radical (unpaired) electrons. The van der Waals surface area contributed by atoms with Crippen LogP contribution in [0.5, 0.6) is 0 Å². The van der Waals surface area contributed by atoms with Crippen LogP contribution in [-0.2, 0) is 37.3 Å². The van der Waals surface area contributed by atoms with E-state index in [0.29, 0.717) is 22.6 Å². The highest BCUT2D eigenvalue weighted by Gasteiger charge is 2.32. The minimum absolute atomic E-state index is 0.106. The molecule has 9 nitrogen and oxygen atoms in total. The normalized spacial score (nSPS) is 12.1. The Morgan fingerprint density at radius 1 is 0.810 bits per heavy atom. The van der Waals surface area contributed by atoms with E-state index in [4.69, 9.17) is 0 Å². The first kappa shape index (κ1) is 28.6. The lowest BCUT2D eigenvalue weighted by Crippen LogP contribution is -2.24. The molecule has 5 aromatic rings. The molecule has 1 heterocycles. The number of hydrogen-bond acceptors (Lipinski definition) is 6. The maximum Gasteiger partial charge on any atom is 0.292 e. The second-order valence-corrected chi connectivity index (χ2v) is 11.3. The maximum atomic E-state index is 12.8. The molecule has 42 heavy (non-hydrogen) atoms. The molecule has 0 bridgehead atoms. The number of Topliss-reactive ketones (excluding diaryl/α,β-unsaturated/α-hetero) is 2. The van der Waals surface area contributed by atoms with Crippen LogP contribution < -0.4 is 5.32 Å². The molecule has 1 atom stereocenters. The first-order chi connectivity index (χ1) is 20.2. The summed E-state index contributed by atoms with van der Waals surface area (Å²) in [5, 5.41) is 1.05. The van der Waals surface area contributed by atoms with E-state index in [9.17, 15) is 27.4 Å². The van der Waals surface area contributed by atoms with Gasteiger partial charge in [0.15, 0.2) is 11.0 Å². The third-order valence-corrected chi connectivity index (χ3v) is 7.94. The Balaban J connectivity index is 1.20. The quantitative estimate of drug-likeness (QED) is 0.145. The molecule has 1 amide bonds. The molecule has 0 aliphatic rings. The van der Waals surface area contributed by atoms with Gasteiger partial charge in [0.1, 0.15) is 5.82 Å². The minimum Gasteiger partial charge on any atom is -0.338 e. The molecule has 0 saturated heterocycles. The van der Waals surface area contributed by atoms with Crippen LogP contribution in [0, 0.1) is 0 Å². The van der Waals surface area contributed by atoms with Gasteiger partial charge < -0.3 is 10.3 Å². The Labute approximate surface area is 242 Å². The predicted molar refractivity (Wildman–Crippen MR) is 159 cm³/mol. The molecule has 4 aromatic carbocycles. The number of carbonyl (C=O) groups is 3. The fourth-order valence-electron chi connectivity index (χ4n) is 4.71. The van der Waals surface area contributed by atoms with Crippen LogP contribution in [0.15, 0.2) is 103 Å². The molecule has 1 unspecified atom stereocenters. The number of nitrogens with one attached hydrogen (secondary N) is 2. The number of anilines is 1. The SMILES string of the molecule is O=C(Cc1ccc(CCC(=O)C(c2ccccc2)S(=O)(=O)O)cc1)C(=O)Nc1ccccc1-c1nc2ccccc2[nH]1. The second-order valence-electron chi connectivity index (χ2n) is 9.79. The zero-order chi connectivity index (χ0) is 29.7. The highest BCUT2D eigenvalue weighted by atomic mass is 32.2. The van der Waals surface area contributed by atoms with E-state index in [-0.39, 0.29) is 24.8 Å². The van der Waals surface area contributed by atoms with E-state index >= 15 is 0 Å². The highest BCUT2D eigenvalue weighted by Crippen LogP contribution is 2.28. The van der Waals surface area contributed by atoms with Gasteiger partial charge in [-0.15, -0.1) is 0 Å². The largest absolute Gasteiger partial charge is 0.338 e. The highest BCUT2D eigenvalue weighted by molar-refractivity contribution is 7.86. The van der Waals surface area contributed by atoms with Gasteiger partial charge in [0, 0.05) is 18.4 Å². The van der Waals surface area contributed by atoms with Crippen LogP contribution >= 0.6 is 0 Å². The lowest BCUT2D eigenvalue weighted by atomic mass is 10.00. The van der Waals surface area contributed by atoms with Crippen LogP contribution in [0.2, 0.25) is 0 Å². The maximum absolute atomic E-state index is 12.8. The number of aryl methyl sites for hydroxylation is 1. The number of imidazole rings is 1. The Morgan fingerprint density at radius 3 is 2.17 bits per heavy atom. The van der Waals surface area contributed by atoms with E-state index < -0.39 is 32.8 Å². The van der Waals surface area contributed by atoms with Gasteiger partial charge >= 0.3 is 0 Å². The summed E-state index contributed by atoms with van der Waals surface area (Å²) in [6.45, 7) is 0. The molecule has 1 aromatic heterocycles. The fourth-order valence-corrected chi connectivity index (χ4v) is 5.66. The second kappa shape index (κ2) is 12.3. The molecular formula is C32H27N3O6S. The van der Waals surface area contributed by atoms with Gasteiger partial charge in [0.05, 0.1) is 16.7 Å². The van der Waals surface area contributed by atoms with Crippen molar-refractivity contribution in [1.29, 1.82) is 0 Å². The van der Waals surface area contributed by atoms with Crippen LogP contribution in [0.1, 0.15) is 28.4 Å². The number of rotatable bonds is 11. The number of nitrogens with zero attached hydrogens (tertiary/aromatic N) is 1. The standard InChI is InChI=1S/C32H27N3O6S/c36-28(30(42(39,40)41)23-8-2-1-3-9-23)19-18-21-14-16-22(17-15-21)20-29(37)32(38)35-25-11-5-4-10-24(25)31-33-26-12-6-7-13-27(26)34-31/h1-17,30H,18-20H2,(H,33,34)(H,35,38)(H,39,40,41). The lowest BCUT2D eigenvalue weighted by Gasteiger charge is -2.13. The number of hydrogen-bond donors (Lipinski definition) is 3. The van der Waals surface area contributed by atoms with Gasteiger partial charge in [0.2, 0.25) is 5.78 Å². The number of ketones is 2. The predicted octanol–water partition coefficient (Wildman–Crippen LogP) is 5.11. The number of carbonyl (C=O) groups excluding carboxylic acids is 3. The van der Waals surface area contributed by atoms with Crippen molar-refractivity contribution in [1.82, 2.24) is 9.97 Å². The molecule has 10 heteroatoms. The van der Waals surface area contributed by atoms with E-state index in [1.54, 1.807) is 60.7 Å². The first-order valence-corrected chi connectivity index (χ1v) is 14.7. The summed E-state index contributed by atoms with van der Waals surface area (Å²) in [4.78, 5) is 46.1. The number of H-pyrrole nitrogens is 1. The average Bonchev–Trinajstić information content (AvgIpc) is 3.41. The third-order valence-electron chi connectivity index (χ3n) is 6.81. The average molecular weight is 582 g/mol. The monoisotopic (exact) mass is 581 g/mol. The van der Waals surface area contributed by atoms with E-state index in [1.165, 1.54) is 12.1 Å². The molecule has 5 rings (SSSR count). The van der Waals surface area contributed by atoms with Gasteiger partial charge in [-0.05, 0) is 47.4 Å². The van der Waals surface area contributed by atoms with Crippen LogP contribution in [-0.4, -0.2) is 40.4 Å². The van der Waals surface area contributed by atoms with Crippen molar-refractivity contribution in [2.45, 2.75) is 24.5 Å². The van der Waals surface area contributed by atoms with Gasteiger partial charge in [-0.25, -0.2) is 4.98 Å². The van der Waals surface area contributed by atoms with Gasteiger partial charge in [-0.2, -0.15) is 8.42 Å². The molecular weight excluding hydrogens is 554 g/mol. The number of fused-ring (bicyclic) bond motifs is 1. The number of aromatic amines is 1. The summed E-state index contributed by atoms with van der Waals surface area (Å²) in [5.41, 5.74) is 4.30. The number of benzene rings is 4. The fraction of sp³-hybridized carbons (Fsp3) is 0.125. The van der Waals surface area contributed by atoms with Crippen molar-refractivity contribution in [3.05, 3.63) is 120 Å². The molecule has 212 valence electrons. The van der Waals surface area contributed by atoms with Crippen LogP contribution in [0.3, 0.4) is 0 Å². The van der Waals surface area contributed by atoms with E-state index in [0.717, 1.165) is 16.6 Å². The summed E-state index contributed by atoms with van der Waals surface area (Å²) in [6, 6.07) is 29.3. The lowest BCUT2D eigenvalue weighted by molar-refractivity contribution is -0.134. The number of para-hydroxylation sites is 3. The summed E-state index contributed by atoms with van der Waals surface area (Å²) in [5.74, 6) is -1.44. The third kappa shape index (κ3) is 6.68. The van der Waals surface area contributed by atoms with E-state index in [2.05, 4.69) is 15.3 Å². The summed E-state index contributed by atoms with van der Waals surface area (Å²) in [6.07, 6.45) is 0.00628. The molecule has 0 fully saturated rings. The molecule has 0 aliphatic heterocycles. The smallest absolute Gasteiger partial charge is 0.292 e. The summed E-state index contributed by atoms with van der Waals surface area (Å²) in [7, 11) is -4.63. The Hall–Kier alpha value is -4.93. The van der Waals surface area contributed by atoms with Gasteiger partial charge in [-0.1, -0.05) is 78.9 Å². The van der Waals surface area contributed by atoms with E-state index in [1.807, 2.05) is 30.3 Å². The van der Waals surface area contributed by atoms with Crippen LogP contribution in [0.4, 0.5) is 5.69 Å². The Morgan fingerprint density at radius 2 is 1.45 bits per heavy atom. The van der Waals surface area contributed by atoms with Gasteiger partial charge in [0.25, 0.3) is 16.0 Å². The number of amides is 1. The summed E-state index contributed by atoms with van der Waals surface area (Å²) >= 11 is 0. The molecule has 0 spiro atoms.